The van der Waals surface area contributed by atoms with Crippen LogP contribution in [0, 0.1) is 11.8 Å². The highest BCUT2D eigenvalue weighted by Gasteiger charge is 2.42. The van der Waals surface area contributed by atoms with Crippen molar-refractivity contribution < 1.29 is 12.6 Å². The van der Waals surface area contributed by atoms with Crippen LogP contribution >= 0.6 is 0 Å². The number of fused-ring (bicyclic) bond motifs is 1. The van der Waals surface area contributed by atoms with E-state index in [1.54, 1.807) is 12.1 Å². The van der Waals surface area contributed by atoms with Gasteiger partial charge in [-0.1, -0.05) is 58.1 Å². The molecule has 0 bridgehead atoms. The van der Waals surface area contributed by atoms with Crippen molar-refractivity contribution in [2.24, 2.45) is 11.8 Å². The third-order valence-corrected chi connectivity index (χ3v) is 7.91. The third kappa shape index (κ3) is 3.79. The Kier molecular flexibility index (Phi) is 5.53. The minimum Gasteiger partial charge on any atom is -0.382 e. The minimum atomic E-state index is -3.55. The van der Waals surface area contributed by atoms with Gasteiger partial charge >= 0.3 is 10.1 Å². The Morgan fingerprint density at radius 1 is 1.04 bits per heavy atom. The van der Waals surface area contributed by atoms with Gasteiger partial charge in [0.15, 0.2) is 0 Å². The highest BCUT2D eigenvalue weighted by Crippen LogP contribution is 2.43. The molecule has 0 spiro atoms. The number of hydrogen-bond acceptors (Lipinski definition) is 3. The van der Waals surface area contributed by atoms with E-state index in [-0.39, 0.29) is 5.25 Å². The largest absolute Gasteiger partial charge is 0.382 e. The normalized spacial score (nSPS) is 28.8. The van der Waals surface area contributed by atoms with Crippen LogP contribution in [0.2, 0.25) is 0 Å². The molecule has 0 radical (unpaired) electrons. The van der Waals surface area contributed by atoms with Crippen molar-refractivity contribution in [2.45, 2.75) is 76.4 Å². The quantitative estimate of drug-likeness (QED) is 0.680. The maximum atomic E-state index is 12.9. The summed E-state index contributed by atoms with van der Waals surface area (Å²) in [6.07, 6.45) is 8.70. The minimum absolute atomic E-state index is 0.303. The summed E-state index contributed by atoms with van der Waals surface area (Å²) in [6.45, 7) is 4.33. The van der Waals surface area contributed by atoms with E-state index >= 15 is 0 Å². The van der Waals surface area contributed by atoms with Crippen LogP contribution < -0.4 is 4.18 Å². The van der Waals surface area contributed by atoms with Crippen molar-refractivity contribution in [3.63, 3.8) is 0 Å². The van der Waals surface area contributed by atoms with Gasteiger partial charge in [-0.2, -0.15) is 8.42 Å². The van der Waals surface area contributed by atoms with E-state index in [0.717, 1.165) is 32.1 Å². The Balaban J connectivity index is 1.73. The summed E-state index contributed by atoms with van der Waals surface area (Å²) in [5.74, 6) is 1.83. The van der Waals surface area contributed by atoms with E-state index in [1.807, 2.05) is 12.1 Å². The number of rotatable bonds is 5. The van der Waals surface area contributed by atoms with E-state index in [1.165, 1.54) is 24.8 Å². The lowest BCUT2D eigenvalue weighted by Gasteiger charge is -2.40. The van der Waals surface area contributed by atoms with Gasteiger partial charge in [-0.05, 0) is 54.7 Å². The summed E-state index contributed by atoms with van der Waals surface area (Å²) in [5.41, 5.74) is 1.23. The van der Waals surface area contributed by atoms with Crippen LogP contribution in [-0.2, 0) is 10.1 Å². The molecule has 0 saturated heterocycles. The second-order valence-electron chi connectivity index (χ2n) is 7.63. The maximum absolute atomic E-state index is 12.9. The lowest BCUT2D eigenvalue weighted by molar-refractivity contribution is 0.170. The molecule has 4 heteroatoms. The van der Waals surface area contributed by atoms with Gasteiger partial charge in [0.05, 0.1) is 0 Å². The predicted molar refractivity (Wildman–Crippen MR) is 97.8 cm³/mol. The molecule has 0 heterocycles. The molecular formula is C20H30O3S. The molecule has 3 rings (SSSR count). The fraction of sp³-hybridized carbons (Fsp3) is 0.700. The molecule has 2 saturated carbocycles. The van der Waals surface area contributed by atoms with Crippen molar-refractivity contribution >= 4 is 10.1 Å². The van der Waals surface area contributed by atoms with Crippen LogP contribution in [0.25, 0.3) is 0 Å². The van der Waals surface area contributed by atoms with Crippen LogP contribution in [0.15, 0.2) is 24.3 Å². The van der Waals surface area contributed by atoms with Crippen LogP contribution in [0.4, 0.5) is 0 Å². The SMILES string of the molecule is CCC(C)c1ccc(OS(=O)(=O)C2CCCC3CCCCC32)cc1. The van der Waals surface area contributed by atoms with Gasteiger partial charge in [-0.3, -0.25) is 0 Å². The smallest absolute Gasteiger partial charge is 0.312 e. The summed E-state index contributed by atoms with van der Waals surface area (Å²) in [4.78, 5) is 0. The summed E-state index contributed by atoms with van der Waals surface area (Å²) in [5, 5.41) is -0.314. The Hall–Kier alpha value is -1.03. The molecule has 2 fully saturated rings. The lowest BCUT2D eigenvalue weighted by Crippen LogP contribution is -2.41. The Bertz CT molecular complexity index is 633. The van der Waals surface area contributed by atoms with Crippen molar-refractivity contribution in [2.75, 3.05) is 0 Å². The molecule has 1 aromatic carbocycles. The first-order valence-corrected chi connectivity index (χ1v) is 11.0. The zero-order valence-corrected chi connectivity index (χ0v) is 15.7. The van der Waals surface area contributed by atoms with E-state index in [2.05, 4.69) is 13.8 Å². The van der Waals surface area contributed by atoms with Gasteiger partial charge in [-0.15, -0.1) is 0 Å². The zero-order valence-electron chi connectivity index (χ0n) is 14.9. The molecule has 0 aromatic heterocycles. The van der Waals surface area contributed by atoms with E-state index in [0.29, 0.717) is 23.5 Å². The lowest BCUT2D eigenvalue weighted by atomic mass is 9.71. The highest BCUT2D eigenvalue weighted by molar-refractivity contribution is 7.87. The molecule has 0 amide bonds. The molecule has 2 aliphatic rings. The molecule has 4 atom stereocenters. The van der Waals surface area contributed by atoms with E-state index in [4.69, 9.17) is 4.18 Å². The molecule has 2 aliphatic carbocycles. The van der Waals surface area contributed by atoms with Gasteiger partial charge in [0.25, 0.3) is 0 Å². The summed E-state index contributed by atoms with van der Waals surface area (Å²) in [6, 6.07) is 7.59. The first kappa shape index (κ1) is 17.8. The van der Waals surface area contributed by atoms with Crippen LogP contribution in [-0.4, -0.2) is 13.7 Å². The Morgan fingerprint density at radius 3 is 2.42 bits per heavy atom. The molecular weight excluding hydrogens is 320 g/mol. The fourth-order valence-corrected chi connectivity index (χ4v) is 6.27. The van der Waals surface area contributed by atoms with Crippen molar-refractivity contribution in [3.8, 4) is 5.75 Å². The molecule has 134 valence electrons. The topological polar surface area (TPSA) is 43.4 Å². The van der Waals surface area contributed by atoms with E-state index < -0.39 is 10.1 Å². The van der Waals surface area contributed by atoms with Crippen molar-refractivity contribution in [1.29, 1.82) is 0 Å². The monoisotopic (exact) mass is 350 g/mol. The van der Waals surface area contributed by atoms with Gasteiger partial charge in [0.2, 0.25) is 0 Å². The van der Waals surface area contributed by atoms with Gasteiger partial charge in [-0.25, -0.2) is 0 Å². The van der Waals surface area contributed by atoms with Crippen LogP contribution in [0.3, 0.4) is 0 Å². The van der Waals surface area contributed by atoms with Gasteiger partial charge in [0.1, 0.15) is 11.0 Å². The summed E-state index contributed by atoms with van der Waals surface area (Å²) in [7, 11) is -3.55. The third-order valence-electron chi connectivity index (χ3n) is 6.15. The first-order valence-electron chi connectivity index (χ1n) is 9.54. The van der Waals surface area contributed by atoms with E-state index in [9.17, 15) is 8.42 Å². The van der Waals surface area contributed by atoms with Crippen LogP contribution in [0.5, 0.6) is 5.75 Å². The molecule has 0 N–H and O–H groups in total. The number of hydrogen-bond donors (Lipinski definition) is 0. The highest BCUT2D eigenvalue weighted by atomic mass is 32.2. The maximum Gasteiger partial charge on any atom is 0.312 e. The summed E-state index contributed by atoms with van der Waals surface area (Å²) >= 11 is 0. The molecule has 0 aliphatic heterocycles. The average Bonchev–Trinajstić information content (AvgIpc) is 2.61. The second kappa shape index (κ2) is 7.47. The molecule has 1 aromatic rings. The van der Waals surface area contributed by atoms with Gasteiger partial charge in [0, 0.05) is 0 Å². The molecule has 3 nitrogen and oxygen atoms in total. The molecule has 4 unspecified atom stereocenters. The first-order chi connectivity index (χ1) is 11.5. The van der Waals surface area contributed by atoms with Crippen LogP contribution in [0.1, 0.15) is 76.7 Å². The predicted octanol–water partition coefficient (Wildman–Crippen LogP) is 5.27. The standard InChI is InChI=1S/C20H30O3S/c1-3-15(2)16-11-13-18(14-12-16)23-24(21,22)20-10-6-8-17-7-4-5-9-19(17)20/h11-15,17,19-20H,3-10H2,1-2H3. The zero-order chi connectivity index (χ0) is 17.2. The van der Waals surface area contributed by atoms with Gasteiger partial charge < -0.3 is 4.18 Å². The van der Waals surface area contributed by atoms with Crippen molar-refractivity contribution in [3.05, 3.63) is 29.8 Å². The Morgan fingerprint density at radius 2 is 1.71 bits per heavy atom. The average molecular weight is 351 g/mol. The summed E-state index contributed by atoms with van der Waals surface area (Å²) < 4.78 is 31.3. The fourth-order valence-electron chi connectivity index (χ4n) is 4.52. The second-order valence-corrected chi connectivity index (χ2v) is 9.39. The number of benzene rings is 1. The molecule has 24 heavy (non-hydrogen) atoms. The van der Waals surface area contributed by atoms with Crippen molar-refractivity contribution in [1.82, 2.24) is 0 Å². The Labute approximate surface area is 146 Å².